The van der Waals surface area contributed by atoms with Crippen molar-refractivity contribution in [3.63, 3.8) is 0 Å². The topological polar surface area (TPSA) is 105 Å². The van der Waals surface area contributed by atoms with Crippen LogP contribution in [0.25, 0.3) is 0 Å². The number of hydrogen-bond acceptors (Lipinski definition) is 5. The minimum Gasteiger partial charge on any atom is -0.379 e. The standard InChI is InChI=1S/C9H21BO7P2S/c1-15-9-7(10)5-6(3-4-18(11,12)13)8(9)17-19(14,20)16-2/h6-9H,3-5,10H2,1-2H3,(H,14,20)(H2,11,12,13)/t6-,7+,8+,9-,19?/m0/s1. The van der Waals surface area contributed by atoms with E-state index in [0.29, 0.717) is 6.42 Å². The van der Waals surface area contributed by atoms with Gasteiger partial charge in [-0.15, -0.1) is 0 Å². The number of hydrogen-bond donors (Lipinski definition) is 3. The molecule has 1 saturated carbocycles. The predicted octanol–water partition coefficient (Wildman–Crippen LogP) is 0.259. The van der Waals surface area contributed by atoms with Crippen LogP contribution in [0, 0.1) is 5.92 Å². The summed E-state index contributed by atoms with van der Waals surface area (Å²) in [5.41, 5.74) is 0. The van der Waals surface area contributed by atoms with Gasteiger partial charge in [-0.3, -0.25) is 4.57 Å². The Morgan fingerprint density at radius 2 is 1.90 bits per heavy atom. The van der Waals surface area contributed by atoms with Gasteiger partial charge in [0.15, 0.2) is 0 Å². The smallest absolute Gasteiger partial charge is 0.325 e. The van der Waals surface area contributed by atoms with E-state index < -0.39 is 20.4 Å². The molecule has 1 unspecified atom stereocenters. The van der Waals surface area contributed by atoms with Gasteiger partial charge in [-0.2, -0.15) is 0 Å². The van der Waals surface area contributed by atoms with E-state index in [9.17, 15) is 9.46 Å². The Balaban J connectivity index is 2.80. The lowest BCUT2D eigenvalue weighted by molar-refractivity contribution is -0.00164. The Bertz CT molecular complexity index is 417. The van der Waals surface area contributed by atoms with Crippen molar-refractivity contribution in [1.29, 1.82) is 0 Å². The molecular weight excluding hydrogens is 325 g/mol. The van der Waals surface area contributed by atoms with Gasteiger partial charge in [0.1, 0.15) is 7.85 Å². The summed E-state index contributed by atoms with van der Waals surface area (Å²) < 4.78 is 26.6. The molecule has 3 N–H and O–H groups in total. The van der Waals surface area contributed by atoms with Crippen molar-refractivity contribution in [2.75, 3.05) is 20.4 Å². The summed E-state index contributed by atoms with van der Waals surface area (Å²) in [4.78, 5) is 27.8. The number of ether oxygens (including phenoxy) is 1. The lowest BCUT2D eigenvalue weighted by Gasteiger charge is -2.28. The zero-order valence-corrected chi connectivity index (χ0v) is 14.3. The highest BCUT2D eigenvalue weighted by Gasteiger charge is 2.44. The Kier molecular flexibility index (Phi) is 6.86. The minimum atomic E-state index is -4.06. The van der Waals surface area contributed by atoms with Gasteiger partial charge >= 0.3 is 14.3 Å². The van der Waals surface area contributed by atoms with E-state index in [1.54, 1.807) is 0 Å². The van der Waals surface area contributed by atoms with Crippen molar-refractivity contribution in [2.45, 2.75) is 30.9 Å². The second-order valence-electron chi connectivity index (χ2n) is 5.07. The first-order valence-corrected chi connectivity index (χ1v) is 10.6. The van der Waals surface area contributed by atoms with Gasteiger partial charge < -0.3 is 28.5 Å². The van der Waals surface area contributed by atoms with E-state index in [1.165, 1.54) is 14.2 Å². The Hall–Kier alpha value is 0.705. The molecule has 118 valence electrons. The molecule has 0 aliphatic heterocycles. The van der Waals surface area contributed by atoms with E-state index in [1.807, 2.05) is 7.85 Å². The molecule has 0 saturated heterocycles. The summed E-state index contributed by atoms with van der Waals surface area (Å²) in [5.74, 6) is 0.0193. The van der Waals surface area contributed by atoms with E-state index in [2.05, 4.69) is 0 Å². The first-order chi connectivity index (χ1) is 9.09. The quantitative estimate of drug-likeness (QED) is 0.445. The third-order valence-electron chi connectivity index (χ3n) is 3.57. The van der Waals surface area contributed by atoms with Crippen molar-refractivity contribution >= 4 is 34.0 Å². The molecule has 0 amide bonds. The van der Waals surface area contributed by atoms with Gasteiger partial charge in [-0.1, -0.05) is 0 Å². The molecule has 0 heterocycles. The van der Waals surface area contributed by atoms with Crippen molar-refractivity contribution < 1.29 is 33.0 Å². The highest BCUT2D eigenvalue weighted by atomic mass is 32.5. The average molecular weight is 346 g/mol. The highest BCUT2D eigenvalue weighted by molar-refractivity contribution is 8.07. The molecule has 1 aliphatic rings. The molecule has 0 bridgehead atoms. The summed E-state index contributed by atoms with van der Waals surface area (Å²) in [6.07, 6.45) is -0.0266. The fourth-order valence-corrected chi connectivity index (χ4v) is 4.32. The number of methoxy groups -OCH3 is 1. The normalized spacial score (nSPS) is 34.0. The van der Waals surface area contributed by atoms with Crippen LogP contribution in [-0.2, 0) is 30.2 Å². The van der Waals surface area contributed by atoms with E-state index >= 15 is 0 Å². The van der Waals surface area contributed by atoms with Gasteiger partial charge in [-0.05, 0) is 36.4 Å². The Morgan fingerprint density at radius 3 is 2.35 bits per heavy atom. The van der Waals surface area contributed by atoms with Crippen LogP contribution in [0.4, 0.5) is 0 Å². The van der Waals surface area contributed by atoms with Crippen LogP contribution in [0.5, 0.6) is 0 Å². The molecule has 1 fully saturated rings. The Morgan fingerprint density at radius 1 is 1.30 bits per heavy atom. The van der Waals surface area contributed by atoms with Gasteiger partial charge in [0, 0.05) is 14.2 Å². The van der Waals surface area contributed by atoms with Crippen molar-refractivity contribution in [1.82, 2.24) is 0 Å². The van der Waals surface area contributed by atoms with E-state index in [0.717, 1.165) is 0 Å². The second kappa shape index (κ2) is 7.31. The maximum atomic E-state index is 11.0. The van der Waals surface area contributed by atoms with Crippen LogP contribution in [-0.4, -0.2) is 55.1 Å². The molecule has 1 rings (SSSR count). The van der Waals surface area contributed by atoms with Crippen LogP contribution in [0.1, 0.15) is 12.8 Å². The fourth-order valence-electron chi connectivity index (χ4n) is 2.66. The van der Waals surface area contributed by atoms with Crippen molar-refractivity contribution in [3.05, 3.63) is 0 Å². The molecule has 0 aromatic rings. The average Bonchev–Trinajstić information content (AvgIpc) is 2.61. The molecule has 5 atom stereocenters. The minimum absolute atomic E-state index is 0.132. The summed E-state index contributed by atoms with van der Waals surface area (Å²) >= 11 is 4.84. The lowest BCUT2D eigenvalue weighted by atomic mass is 9.83. The number of rotatable bonds is 7. The van der Waals surface area contributed by atoms with Gasteiger partial charge in [0.2, 0.25) is 0 Å². The maximum Gasteiger partial charge on any atom is 0.325 e. The van der Waals surface area contributed by atoms with Gasteiger partial charge in [-0.25, -0.2) is 0 Å². The van der Waals surface area contributed by atoms with E-state index in [-0.39, 0.29) is 30.4 Å². The lowest BCUT2D eigenvalue weighted by Crippen LogP contribution is -2.31. The highest BCUT2D eigenvalue weighted by Crippen LogP contribution is 2.51. The third-order valence-corrected chi connectivity index (χ3v) is 6.09. The summed E-state index contributed by atoms with van der Waals surface area (Å²) in [7, 11) is 0.718. The van der Waals surface area contributed by atoms with Crippen molar-refractivity contribution in [3.8, 4) is 0 Å². The second-order valence-corrected chi connectivity index (χ2v) is 9.75. The fraction of sp³-hybridized carbons (Fsp3) is 1.00. The van der Waals surface area contributed by atoms with Crippen molar-refractivity contribution in [2.24, 2.45) is 5.92 Å². The molecule has 1 aliphatic carbocycles. The van der Waals surface area contributed by atoms with Gasteiger partial charge in [0.05, 0.1) is 18.4 Å². The van der Waals surface area contributed by atoms with Crippen LogP contribution < -0.4 is 0 Å². The SMILES string of the molecule is B[C@@H]1C[C@H](CCP(=O)(O)O)[C@@H](OP(O)(=S)OC)[C@H]1OC. The molecule has 7 nitrogen and oxygen atoms in total. The molecule has 20 heavy (non-hydrogen) atoms. The summed E-state index contributed by atoms with van der Waals surface area (Å²) in [6, 6.07) is 0. The van der Waals surface area contributed by atoms with E-state index in [4.69, 9.17) is 35.4 Å². The van der Waals surface area contributed by atoms with Crippen LogP contribution in [0.3, 0.4) is 0 Å². The first kappa shape index (κ1) is 18.8. The van der Waals surface area contributed by atoms with Crippen LogP contribution in [0.15, 0.2) is 0 Å². The van der Waals surface area contributed by atoms with Gasteiger partial charge in [0.25, 0.3) is 0 Å². The van der Waals surface area contributed by atoms with Crippen LogP contribution >= 0.6 is 14.3 Å². The molecule has 11 heteroatoms. The Labute approximate surface area is 124 Å². The molecule has 0 spiro atoms. The monoisotopic (exact) mass is 346 g/mol. The largest absolute Gasteiger partial charge is 0.379 e. The third kappa shape index (κ3) is 5.48. The predicted molar refractivity (Wildman–Crippen MR) is 81.1 cm³/mol. The zero-order chi connectivity index (χ0) is 15.6. The molecule has 0 aromatic heterocycles. The van der Waals surface area contributed by atoms with Crippen LogP contribution in [0.2, 0.25) is 5.82 Å². The first-order valence-electron chi connectivity index (χ1n) is 6.24. The maximum absolute atomic E-state index is 11.0. The molecule has 0 aromatic carbocycles. The summed E-state index contributed by atoms with van der Waals surface area (Å²) in [6.45, 7) is -3.34. The zero-order valence-electron chi connectivity index (χ0n) is 11.7. The molecule has 0 radical (unpaired) electrons. The summed E-state index contributed by atoms with van der Waals surface area (Å²) in [5, 5.41) is 0. The molecular formula is C9H21BO7P2S.